The van der Waals surface area contributed by atoms with Crippen LogP contribution in [-0.4, -0.2) is 4.83 Å². The van der Waals surface area contributed by atoms with Crippen molar-refractivity contribution < 1.29 is 8.78 Å². The number of alkyl halides is 1. The van der Waals surface area contributed by atoms with Crippen LogP contribution in [0.5, 0.6) is 0 Å². The van der Waals surface area contributed by atoms with E-state index in [1.54, 1.807) is 12.1 Å². The second kappa shape index (κ2) is 5.33. The lowest BCUT2D eigenvalue weighted by atomic mass is 9.51. The first-order valence-electron chi connectivity index (χ1n) is 8.18. The van der Waals surface area contributed by atoms with Gasteiger partial charge in [-0.2, -0.15) is 0 Å². The summed E-state index contributed by atoms with van der Waals surface area (Å²) in [5.74, 6) is 2.79. The van der Waals surface area contributed by atoms with Gasteiger partial charge in [-0.05, 0) is 79.7 Å². The lowest BCUT2D eigenvalue weighted by Crippen LogP contribution is -2.48. The zero-order valence-corrected chi connectivity index (χ0v) is 13.7. The molecule has 4 saturated carbocycles. The van der Waals surface area contributed by atoms with Crippen molar-refractivity contribution in [1.29, 1.82) is 0 Å². The molecule has 21 heavy (non-hydrogen) atoms. The average Bonchev–Trinajstić information content (AvgIpc) is 2.42. The molecule has 0 amide bonds. The Kier molecular flexibility index (Phi) is 3.60. The van der Waals surface area contributed by atoms with Crippen molar-refractivity contribution in [3.8, 4) is 0 Å². The Morgan fingerprint density at radius 2 is 1.62 bits per heavy atom. The van der Waals surface area contributed by atoms with Gasteiger partial charge in [-0.3, -0.25) is 0 Å². The van der Waals surface area contributed by atoms with Gasteiger partial charge in [0.1, 0.15) is 0 Å². The minimum absolute atomic E-state index is 0.281. The summed E-state index contributed by atoms with van der Waals surface area (Å²) in [6.07, 6.45) is 7.52. The van der Waals surface area contributed by atoms with Crippen LogP contribution in [0.3, 0.4) is 0 Å². The summed E-state index contributed by atoms with van der Waals surface area (Å²) in [6, 6.07) is 4.54. The third kappa shape index (κ3) is 2.46. The molecule has 0 radical (unpaired) electrons. The Labute approximate surface area is 133 Å². The summed E-state index contributed by atoms with van der Waals surface area (Å²) in [7, 11) is 0. The molecule has 114 valence electrons. The number of halogens is 3. The van der Waals surface area contributed by atoms with Gasteiger partial charge in [0.05, 0.1) is 0 Å². The first kappa shape index (κ1) is 14.2. The molecule has 0 N–H and O–H groups in total. The molecule has 4 aliphatic carbocycles. The normalized spacial score (nSPS) is 38.7. The van der Waals surface area contributed by atoms with Crippen molar-refractivity contribution >= 4 is 15.9 Å². The van der Waals surface area contributed by atoms with Crippen LogP contribution in [-0.2, 0) is 6.42 Å². The summed E-state index contributed by atoms with van der Waals surface area (Å²) in [4.78, 5) is 0.281. The van der Waals surface area contributed by atoms with Crippen molar-refractivity contribution in [3.05, 3.63) is 35.4 Å². The maximum atomic E-state index is 13.9. The fraction of sp³-hybridized carbons (Fsp3) is 0.667. The molecular weight excluding hydrogens is 334 g/mol. The van der Waals surface area contributed by atoms with Crippen molar-refractivity contribution in [2.24, 2.45) is 29.6 Å². The molecule has 1 aromatic carbocycles. The van der Waals surface area contributed by atoms with Gasteiger partial charge < -0.3 is 0 Å². The standard InChI is InChI=1S/C18H21BrF2/c19-15(9-12-2-1-3-16(20)18(12)21)17-13-5-10-4-11(7-13)8-14(17)6-10/h1-3,10-11,13-15,17H,4-9H2. The predicted molar refractivity (Wildman–Crippen MR) is 83.3 cm³/mol. The van der Waals surface area contributed by atoms with Gasteiger partial charge in [-0.1, -0.05) is 28.1 Å². The molecule has 0 saturated heterocycles. The van der Waals surface area contributed by atoms with Gasteiger partial charge in [-0.25, -0.2) is 8.78 Å². The fourth-order valence-corrected chi connectivity index (χ4v) is 6.82. The molecular formula is C18H21BrF2. The van der Waals surface area contributed by atoms with E-state index < -0.39 is 11.6 Å². The lowest BCUT2D eigenvalue weighted by molar-refractivity contribution is -0.0360. The predicted octanol–water partition coefficient (Wildman–Crippen LogP) is 5.34. The minimum atomic E-state index is -0.725. The molecule has 0 spiro atoms. The highest BCUT2D eigenvalue weighted by molar-refractivity contribution is 9.09. The minimum Gasteiger partial charge on any atom is -0.204 e. The second-order valence-electron chi connectivity index (χ2n) is 7.44. The number of rotatable bonds is 3. The molecule has 1 unspecified atom stereocenters. The van der Waals surface area contributed by atoms with Gasteiger partial charge >= 0.3 is 0 Å². The monoisotopic (exact) mass is 354 g/mol. The van der Waals surface area contributed by atoms with Crippen LogP contribution in [0.4, 0.5) is 8.78 Å². The highest BCUT2D eigenvalue weighted by Crippen LogP contribution is 2.58. The molecule has 4 bridgehead atoms. The van der Waals surface area contributed by atoms with Gasteiger partial charge in [-0.15, -0.1) is 0 Å². The van der Waals surface area contributed by atoms with E-state index in [0.717, 1.165) is 23.7 Å². The van der Waals surface area contributed by atoms with E-state index in [1.807, 2.05) is 0 Å². The lowest BCUT2D eigenvalue weighted by Gasteiger charge is -2.55. The number of hydrogen-bond acceptors (Lipinski definition) is 0. The second-order valence-corrected chi connectivity index (χ2v) is 8.62. The van der Waals surface area contributed by atoms with E-state index in [4.69, 9.17) is 0 Å². The van der Waals surface area contributed by atoms with Crippen molar-refractivity contribution in [2.45, 2.75) is 43.4 Å². The van der Waals surface area contributed by atoms with Crippen molar-refractivity contribution in [1.82, 2.24) is 0 Å². The van der Waals surface area contributed by atoms with Crippen LogP contribution in [0.25, 0.3) is 0 Å². The largest absolute Gasteiger partial charge is 0.204 e. The fourth-order valence-electron chi connectivity index (χ4n) is 5.61. The van der Waals surface area contributed by atoms with E-state index >= 15 is 0 Å². The summed E-state index contributed by atoms with van der Waals surface area (Å²) >= 11 is 3.84. The highest BCUT2D eigenvalue weighted by atomic mass is 79.9. The zero-order valence-electron chi connectivity index (χ0n) is 12.1. The summed E-state index contributed by atoms with van der Waals surface area (Å²) < 4.78 is 27.3. The molecule has 0 aliphatic heterocycles. The van der Waals surface area contributed by atoms with Crippen LogP contribution in [0.2, 0.25) is 0 Å². The van der Waals surface area contributed by atoms with Crippen LogP contribution in [0.1, 0.15) is 37.7 Å². The highest BCUT2D eigenvalue weighted by Gasteiger charge is 2.49. The van der Waals surface area contributed by atoms with Crippen LogP contribution in [0, 0.1) is 41.2 Å². The molecule has 0 aromatic heterocycles. The molecule has 4 aliphatic rings. The third-order valence-electron chi connectivity index (χ3n) is 6.16. The van der Waals surface area contributed by atoms with Crippen LogP contribution >= 0.6 is 15.9 Å². The van der Waals surface area contributed by atoms with E-state index in [9.17, 15) is 8.78 Å². The maximum absolute atomic E-state index is 13.9. The van der Waals surface area contributed by atoms with Crippen molar-refractivity contribution in [2.75, 3.05) is 0 Å². The number of hydrogen-bond donors (Lipinski definition) is 0. The third-order valence-corrected chi connectivity index (χ3v) is 7.10. The molecule has 1 atom stereocenters. The number of benzene rings is 1. The molecule has 3 heteroatoms. The first-order valence-corrected chi connectivity index (χ1v) is 9.10. The quantitative estimate of drug-likeness (QED) is 0.642. The Bertz CT molecular complexity index is 514. The molecule has 4 fully saturated rings. The van der Waals surface area contributed by atoms with Crippen molar-refractivity contribution in [3.63, 3.8) is 0 Å². The van der Waals surface area contributed by atoms with Gasteiger partial charge in [0.2, 0.25) is 0 Å². The van der Waals surface area contributed by atoms with Gasteiger partial charge in [0, 0.05) is 4.83 Å². The Morgan fingerprint density at radius 3 is 2.24 bits per heavy atom. The Hall–Kier alpha value is -0.440. The van der Waals surface area contributed by atoms with Gasteiger partial charge in [0.25, 0.3) is 0 Å². The van der Waals surface area contributed by atoms with Gasteiger partial charge in [0.15, 0.2) is 11.6 Å². The van der Waals surface area contributed by atoms with Crippen LogP contribution < -0.4 is 0 Å². The molecule has 0 heterocycles. The maximum Gasteiger partial charge on any atom is 0.162 e. The van der Waals surface area contributed by atoms with E-state index in [2.05, 4.69) is 15.9 Å². The zero-order chi connectivity index (χ0) is 14.6. The van der Waals surface area contributed by atoms with Crippen LogP contribution in [0.15, 0.2) is 18.2 Å². The molecule has 0 nitrogen and oxygen atoms in total. The van der Waals surface area contributed by atoms with E-state index in [0.29, 0.717) is 17.9 Å². The average molecular weight is 355 g/mol. The molecule has 5 rings (SSSR count). The van der Waals surface area contributed by atoms with E-state index in [-0.39, 0.29) is 4.83 Å². The Morgan fingerprint density at radius 1 is 1.00 bits per heavy atom. The SMILES string of the molecule is Fc1cccc(CC(Br)C2C3CC4CC(C3)CC2C4)c1F. The molecule has 1 aromatic rings. The summed E-state index contributed by atoms with van der Waals surface area (Å²) in [6.45, 7) is 0. The summed E-state index contributed by atoms with van der Waals surface area (Å²) in [5, 5.41) is 0. The topological polar surface area (TPSA) is 0 Å². The first-order chi connectivity index (χ1) is 10.1. The smallest absolute Gasteiger partial charge is 0.162 e. The Balaban J connectivity index is 1.52. The summed E-state index contributed by atoms with van der Waals surface area (Å²) in [5.41, 5.74) is 0.519. The van der Waals surface area contributed by atoms with E-state index in [1.165, 1.54) is 38.2 Å².